The second kappa shape index (κ2) is 4.81. The van der Waals surface area contributed by atoms with Crippen molar-refractivity contribution in [3.8, 4) is 23.0 Å². The topological polar surface area (TPSA) is 68.2 Å². The lowest BCUT2D eigenvalue weighted by Gasteiger charge is -2.35. The maximum Gasteiger partial charge on any atom is 0.231 e. The third-order valence-electron chi connectivity index (χ3n) is 4.34. The van der Waals surface area contributed by atoms with Crippen LogP contribution in [0.25, 0.3) is 0 Å². The second-order valence-corrected chi connectivity index (χ2v) is 5.65. The Balaban J connectivity index is 1.90. The minimum absolute atomic E-state index is 0.178. The quantitative estimate of drug-likeness (QED) is 0.847. The van der Waals surface area contributed by atoms with E-state index in [0.717, 1.165) is 11.1 Å². The van der Waals surface area contributed by atoms with Gasteiger partial charge in [-0.05, 0) is 12.1 Å². The Kier molecular flexibility index (Phi) is 2.90. The van der Waals surface area contributed by atoms with E-state index < -0.39 is 6.29 Å². The number of fused-ring (bicyclic) bond motifs is 2. The SMILES string of the molecule is C[C@H]1[C@@H](c2ccccc2O)c2cc3c(cc2O[C@H]1O)OCO3. The highest BCUT2D eigenvalue weighted by molar-refractivity contribution is 5.57. The molecule has 5 nitrogen and oxygen atoms in total. The number of aliphatic hydroxyl groups excluding tert-OH is 1. The van der Waals surface area contributed by atoms with Crippen LogP contribution < -0.4 is 14.2 Å². The Bertz CT molecular complexity index is 727. The van der Waals surface area contributed by atoms with Crippen molar-refractivity contribution < 1.29 is 24.4 Å². The Hall–Kier alpha value is -2.40. The highest BCUT2D eigenvalue weighted by Crippen LogP contribution is 2.50. The minimum atomic E-state index is -0.947. The van der Waals surface area contributed by atoms with Crippen molar-refractivity contribution in [2.75, 3.05) is 6.79 Å². The van der Waals surface area contributed by atoms with Gasteiger partial charge in [-0.2, -0.15) is 0 Å². The first-order chi connectivity index (χ1) is 10.6. The molecule has 22 heavy (non-hydrogen) atoms. The molecule has 2 N–H and O–H groups in total. The zero-order valence-electron chi connectivity index (χ0n) is 12.0. The van der Waals surface area contributed by atoms with Crippen LogP contribution in [-0.2, 0) is 0 Å². The van der Waals surface area contributed by atoms with E-state index in [-0.39, 0.29) is 24.4 Å². The molecule has 0 aromatic heterocycles. The molecule has 2 aliphatic rings. The monoisotopic (exact) mass is 300 g/mol. The zero-order chi connectivity index (χ0) is 15.3. The lowest BCUT2D eigenvalue weighted by atomic mass is 9.78. The Morgan fingerprint density at radius 3 is 2.50 bits per heavy atom. The summed E-state index contributed by atoms with van der Waals surface area (Å²) >= 11 is 0. The normalized spacial score (nSPS) is 25.5. The van der Waals surface area contributed by atoms with Crippen LogP contribution in [0.2, 0.25) is 0 Å². The molecule has 2 aromatic carbocycles. The van der Waals surface area contributed by atoms with Crippen molar-refractivity contribution in [1.82, 2.24) is 0 Å². The molecule has 0 saturated carbocycles. The maximum absolute atomic E-state index is 10.2. The van der Waals surface area contributed by atoms with E-state index in [2.05, 4.69) is 0 Å². The molecule has 3 atom stereocenters. The van der Waals surface area contributed by atoms with Crippen LogP contribution in [0.4, 0.5) is 0 Å². The van der Waals surface area contributed by atoms with Gasteiger partial charge in [0, 0.05) is 29.0 Å². The lowest BCUT2D eigenvalue weighted by Crippen LogP contribution is -2.34. The fraction of sp³-hybridized carbons (Fsp3) is 0.294. The molecule has 0 unspecified atom stereocenters. The standard InChI is InChI=1S/C17H16O5/c1-9-16(10-4-2-3-5-12(10)18)11-6-14-15(21-8-20-14)7-13(11)22-17(9)19/h2-7,9,16-19H,8H2,1H3/t9-,16-,17+/m0/s1. The van der Waals surface area contributed by atoms with Gasteiger partial charge in [-0.3, -0.25) is 0 Å². The molecular formula is C17H16O5. The molecule has 4 rings (SSSR count). The van der Waals surface area contributed by atoms with E-state index in [1.807, 2.05) is 25.1 Å². The fourth-order valence-electron chi connectivity index (χ4n) is 3.17. The smallest absolute Gasteiger partial charge is 0.231 e. The summed E-state index contributed by atoms with van der Waals surface area (Å²) in [5, 5.41) is 20.4. The van der Waals surface area contributed by atoms with Crippen LogP contribution in [0.1, 0.15) is 24.0 Å². The largest absolute Gasteiger partial charge is 0.508 e. The van der Waals surface area contributed by atoms with Gasteiger partial charge in [0.1, 0.15) is 11.5 Å². The van der Waals surface area contributed by atoms with Gasteiger partial charge in [0.2, 0.25) is 13.1 Å². The molecule has 114 valence electrons. The molecule has 0 saturated heterocycles. The van der Waals surface area contributed by atoms with Crippen molar-refractivity contribution in [3.63, 3.8) is 0 Å². The predicted molar refractivity (Wildman–Crippen MR) is 78.3 cm³/mol. The van der Waals surface area contributed by atoms with Gasteiger partial charge >= 0.3 is 0 Å². The molecule has 0 aliphatic carbocycles. The molecular weight excluding hydrogens is 284 g/mol. The molecule has 2 aliphatic heterocycles. The number of para-hydroxylation sites is 1. The summed E-state index contributed by atoms with van der Waals surface area (Å²) in [6, 6.07) is 10.8. The number of ether oxygens (including phenoxy) is 3. The first-order valence-electron chi connectivity index (χ1n) is 7.21. The fourth-order valence-corrected chi connectivity index (χ4v) is 3.17. The van der Waals surface area contributed by atoms with Gasteiger partial charge < -0.3 is 24.4 Å². The maximum atomic E-state index is 10.2. The summed E-state index contributed by atoms with van der Waals surface area (Å²) in [4.78, 5) is 0. The molecule has 2 aromatic rings. The Morgan fingerprint density at radius 2 is 1.73 bits per heavy atom. The number of benzene rings is 2. The molecule has 5 heteroatoms. The van der Waals surface area contributed by atoms with Crippen molar-refractivity contribution in [1.29, 1.82) is 0 Å². The van der Waals surface area contributed by atoms with Gasteiger partial charge in [0.15, 0.2) is 11.5 Å². The zero-order valence-corrected chi connectivity index (χ0v) is 12.0. The van der Waals surface area contributed by atoms with E-state index in [4.69, 9.17) is 14.2 Å². The van der Waals surface area contributed by atoms with Crippen molar-refractivity contribution >= 4 is 0 Å². The molecule has 0 bridgehead atoms. The average molecular weight is 300 g/mol. The second-order valence-electron chi connectivity index (χ2n) is 5.65. The molecule has 0 fully saturated rings. The van der Waals surface area contributed by atoms with E-state index >= 15 is 0 Å². The summed E-state index contributed by atoms with van der Waals surface area (Å²) in [5.74, 6) is 1.64. The van der Waals surface area contributed by atoms with E-state index in [1.54, 1.807) is 18.2 Å². The van der Waals surface area contributed by atoms with Crippen LogP contribution in [0.5, 0.6) is 23.0 Å². The van der Waals surface area contributed by atoms with Gasteiger partial charge in [0.25, 0.3) is 0 Å². The third kappa shape index (κ3) is 1.89. The first kappa shape index (κ1) is 13.3. The number of aliphatic hydroxyl groups is 1. The van der Waals surface area contributed by atoms with Gasteiger partial charge in [0.05, 0.1) is 0 Å². The number of rotatable bonds is 1. The van der Waals surface area contributed by atoms with E-state index in [1.165, 1.54) is 0 Å². The van der Waals surface area contributed by atoms with E-state index in [0.29, 0.717) is 17.2 Å². The Labute approximate surface area is 127 Å². The van der Waals surface area contributed by atoms with Crippen LogP contribution in [0.3, 0.4) is 0 Å². The van der Waals surface area contributed by atoms with Crippen LogP contribution in [0, 0.1) is 5.92 Å². The minimum Gasteiger partial charge on any atom is -0.508 e. The number of hydrogen-bond donors (Lipinski definition) is 2. The van der Waals surface area contributed by atoms with Gasteiger partial charge in [-0.15, -0.1) is 0 Å². The first-order valence-corrected chi connectivity index (χ1v) is 7.21. The average Bonchev–Trinajstić information content (AvgIpc) is 2.95. The number of phenols is 1. The van der Waals surface area contributed by atoms with Gasteiger partial charge in [-0.25, -0.2) is 0 Å². The summed E-state index contributed by atoms with van der Waals surface area (Å²) in [5.41, 5.74) is 1.64. The van der Waals surface area contributed by atoms with Crippen LogP contribution in [-0.4, -0.2) is 23.3 Å². The molecule has 0 amide bonds. The van der Waals surface area contributed by atoms with Crippen molar-refractivity contribution in [2.24, 2.45) is 5.92 Å². The third-order valence-corrected chi connectivity index (χ3v) is 4.34. The van der Waals surface area contributed by atoms with Crippen LogP contribution >= 0.6 is 0 Å². The van der Waals surface area contributed by atoms with Gasteiger partial charge in [-0.1, -0.05) is 25.1 Å². The summed E-state index contributed by atoms with van der Waals surface area (Å²) < 4.78 is 16.4. The Morgan fingerprint density at radius 1 is 1.00 bits per heavy atom. The number of phenolic OH excluding ortho intramolecular Hbond substituents is 1. The number of aromatic hydroxyl groups is 1. The highest BCUT2D eigenvalue weighted by Gasteiger charge is 2.38. The summed E-state index contributed by atoms with van der Waals surface area (Å²) in [6.07, 6.45) is -0.947. The molecule has 0 radical (unpaired) electrons. The summed E-state index contributed by atoms with van der Waals surface area (Å²) in [6.45, 7) is 2.08. The predicted octanol–water partition coefficient (Wildman–Crippen LogP) is 2.60. The van der Waals surface area contributed by atoms with Crippen molar-refractivity contribution in [2.45, 2.75) is 19.1 Å². The highest BCUT2D eigenvalue weighted by atomic mass is 16.7. The number of hydrogen-bond acceptors (Lipinski definition) is 5. The molecule has 2 heterocycles. The summed E-state index contributed by atoms with van der Waals surface area (Å²) in [7, 11) is 0. The van der Waals surface area contributed by atoms with Crippen molar-refractivity contribution in [3.05, 3.63) is 47.5 Å². The van der Waals surface area contributed by atoms with E-state index in [9.17, 15) is 10.2 Å². The lowest BCUT2D eigenvalue weighted by molar-refractivity contribution is -0.0730. The molecule has 0 spiro atoms. The van der Waals surface area contributed by atoms with Crippen LogP contribution in [0.15, 0.2) is 36.4 Å².